The van der Waals surface area contributed by atoms with Crippen LogP contribution >= 0.6 is 0 Å². The number of nitrogens with one attached hydrogen (secondary N) is 1. The molecule has 2 amide bonds. The highest BCUT2D eigenvalue weighted by atomic mass is 16.5. The number of anilines is 1. The highest BCUT2D eigenvalue weighted by Gasteiger charge is 2.48. The Morgan fingerprint density at radius 3 is 2.79 bits per heavy atom. The molecule has 2 aromatic carbocycles. The minimum absolute atomic E-state index is 0.0178. The van der Waals surface area contributed by atoms with Gasteiger partial charge in [-0.1, -0.05) is 36.4 Å². The zero-order valence-electron chi connectivity index (χ0n) is 14.0. The Hall–Kier alpha value is -2.40. The summed E-state index contributed by atoms with van der Waals surface area (Å²) < 4.78 is 4.98. The van der Waals surface area contributed by atoms with E-state index < -0.39 is 5.54 Å². The fourth-order valence-corrected chi connectivity index (χ4v) is 3.32. The first-order valence-corrected chi connectivity index (χ1v) is 8.16. The summed E-state index contributed by atoms with van der Waals surface area (Å²) in [5, 5.41) is 4.91. The van der Waals surface area contributed by atoms with Gasteiger partial charge in [-0.25, -0.2) is 0 Å². The van der Waals surface area contributed by atoms with Crippen molar-refractivity contribution in [2.75, 3.05) is 25.2 Å². The predicted molar refractivity (Wildman–Crippen MR) is 94.0 cm³/mol. The van der Waals surface area contributed by atoms with Crippen LogP contribution in [-0.2, 0) is 14.3 Å². The van der Waals surface area contributed by atoms with Gasteiger partial charge in [-0.05, 0) is 24.8 Å². The van der Waals surface area contributed by atoms with E-state index in [1.807, 2.05) is 49.4 Å². The summed E-state index contributed by atoms with van der Waals surface area (Å²) in [5.41, 5.74) is -0.0884. The molecule has 0 aromatic heterocycles. The Morgan fingerprint density at radius 1 is 1.25 bits per heavy atom. The standard InChI is InChI=1S/C19H22N2O3/c1-19(18(23)20-12-13-24-2)11-10-17(22)21(19)16-9-5-7-14-6-3-4-8-15(14)16/h3-9H,10-13H2,1-2H3,(H,20,23)/t19-/m0/s1. The molecule has 1 atom stereocenters. The third-order valence-electron chi connectivity index (χ3n) is 4.66. The molecule has 24 heavy (non-hydrogen) atoms. The minimum Gasteiger partial charge on any atom is -0.383 e. The van der Waals surface area contributed by atoms with Crippen molar-refractivity contribution in [3.05, 3.63) is 42.5 Å². The first-order valence-electron chi connectivity index (χ1n) is 8.16. The van der Waals surface area contributed by atoms with Gasteiger partial charge in [0.2, 0.25) is 11.8 Å². The molecule has 1 saturated heterocycles. The molecule has 1 N–H and O–H groups in total. The molecule has 0 spiro atoms. The minimum atomic E-state index is -0.880. The number of hydrogen-bond donors (Lipinski definition) is 1. The Labute approximate surface area is 141 Å². The van der Waals surface area contributed by atoms with Gasteiger partial charge in [0.1, 0.15) is 5.54 Å². The van der Waals surface area contributed by atoms with Crippen molar-refractivity contribution in [1.82, 2.24) is 5.32 Å². The average molecular weight is 326 g/mol. The molecule has 0 bridgehead atoms. The van der Waals surface area contributed by atoms with E-state index in [9.17, 15) is 9.59 Å². The van der Waals surface area contributed by atoms with Gasteiger partial charge in [-0.3, -0.25) is 14.5 Å². The van der Waals surface area contributed by atoms with E-state index in [4.69, 9.17) is 4.74 Å². The molecular weight excluding hydrogens is 304 g/mol. The third kappa shape index (κ3) is 2.76. The highest BCUT2D eigenvalue weighted by molar-refractivity contribution is 6.11. The number of nitrogens with zero attached hydrogens (tertiary/aromatic N) is 1. The third-order valence-corrected chi connectivity index (χ3v) is 4.66. The summed E-state index contributed by atoms with van der Waals surface area (Å²) in [6.45, 7) is 2.72. The lowest BCUT2D eigenvalue weighted by Crippen LogP contribution is -2.55. The lowest BCUT2D eigenvalue weighted by atomic mass is 9.96. The van der Waals surface area contributed by atoms with Crippen LogP contribution in [0.3, 0.4) is 0 Å². The van der Waals surface area contributed by atoms with Crippen molar-refractivity contribution in [2.45, 2.75) is 25.3 Å². The molecule has 1 fully saturated rings. The maximum Gasteiger partial charge on any atom is 0.246 e. The molecule has 126 valence electrons. The second-order valence-electron chi connectivity index (χ2n) is 6.25. The van der Waals surface area contributed by atoms with Crippen LogP contribution < -0.4 is 10.2 Å². The van der Waals surface area contributed by atoms with E-state index in [1.165, 1.54) is 0 Å². The molecule has 0 radical (unpaired) electrons. The Kier molecular flexibility index (Phi) is 4.53. The highest BCUT2D eigenvalue weighted by Crippen LogP contribution is 2.38. The average Bonchev–Trinajstić information content (AvgIpc) is 2.90. The first kappa shape index (κ1) is 16.5. The fourth-order valence-electron chi connectivity index (χ4n) is 3.32. The number of benzene rings is 2. The van der Waals surface area contributed by atoms with Crippen molar-refractivity contribution in [3.8, 4) is 0 Å². The summed E-state index contributed by atoms with van der Waals surface area (Å²) in [6, 6.07) is 13.7. The van der Waals surface area contributed by atoms with Crippen molar-refractivity contribution in [2.24, 2.45) is 0 Å². The monoisotopic (exact) mass is 326 g/mol. The van der Waals surface area contributed by atoms with Crippen LogP contribution in [0, 0.1) is 0 Å². The van der Waals surface area contributed by atoms with Gasteiger partial charge in [-0.15, -0.1) is 0 Å². The molecule has 0 aliphatic carbocycles. The number of carbonyl (C=O) groups is 2. The second kappa shape index (κ2) is 6.61. The van der Waals surface area contributed by atoms with E-state index in [1.54, 1.807) is 12.0 Å². The van der Waals surface area contributed by atoms with E-state index in [0.717, 1.165) is 16.5 Å². The van der Waals surface area contributed by atoms with Gasteiger partial charge in [0.05, 0.1) is 12.3 Å². The summed E-state index contributed by atoms with van der Waals surface area (Å²) in [6.07, 6.45) is 0.880. The van der Waals surface area contributed by atoms with Crippen LogP contribution in [0.1, 0.15) is 19.8 Å². The number of methoxy groups -OCH3 is 1. The van der Waals surface area contributed by atoms with Crippen LogP contribution in [0.15, 0.2) is 42.5 Å². The van der Waals surface area contributed by atoms with Crippen LogP contribution in [-0.4, -0.2) is 37.6 Å². The van der Waals surface area contributed by atoms with Gasteiger partial charge in [0.25, 0.3) is 0 Å². The normalized spacial score (nSPS) is 20.6. The van der Waals surface area contributed by atoms with Crippen LogP contribution in [0.2, 0.25) is 0 Å². The number of amides is 2. The van der Waals surface area contributed by atoms with Crippen molar-refractivity contribution in [1.29, 1.82) is 0 Å². The fraction of sp³-hybridized carbons (Fsp3) is 0.368. The van der Waals surface area contributed by atoms with Gasteiger partial charge in [-0.2, -0.15) is 0 Å². The maximum absolute atomic E-state index is 12.7. The van der Waals surface area contributed by atoms with Crippen molar-refractivity contribution < 1.29 is 14.3 Å². The van der Waals surface area contributed by atoms with Crippen LogP contribution in [0.4, 0.5) is 5.69 Å². The lowest BCUT2D eigenvalue weighted by Gasteiger charge is -2.34. The number of hydrogen-bond acceptors (Lipinski definition) is 3. The summed E-state index contributed by atoms with van der Waals surface area (Å²) in [7, 11) is 1.59. The molecule has 5 nitrogen and oxygen atoms in total. The Bertz CT molecular complexity index is 769. The SMILES string of the molecule is COCCNC(=O)[C@]1(C)CCC(=O)N1c1cccc2ccccc12. The number of rotatable bonds is 5. The summed E-state index contributed by atoms with van der Waals surface area (Å²) in [4.78, 5) is 27.0. The van der Waals surface area contributed by atoms with Crippen molar-refractivity contribution in [3.63, 3.8) is 0 Å². The van der Waals surface area contributed by atoms with E-state index in [0.29, 0.717) is 26.0 Å². The first-order chi connectivity index (χ1) is 11.6. The van der Waals surface area contributed by atoms with Crippen LogP contribution in [0.25, 0.3) is 10.8 Å². The Balaban J connectivity index is 2.00. The molecule has 0 saturated carbocycles. The molecule has 5 heteroatoms. The zero-order valence-corrected chi connectivity index (χ0v) is 14.0. The molecule has 2 aromatic rings. The predicted octanol–water partition coefficient (Wildman–Crippen LogP) is 2.49. The molecule has 3 rings (SSSR count). The molecule has 0 unspecified atom stereocenters. The molecule has 1 heterocycles. The number of carbonyl (C=O) groups excluding carboxylic acids is 2. The number of ether oxygens (including phenoxy) is 1. The van der Waals surface area contributed by atoms with E-state index >= 15 is 0 Å². The summed E-state index contributed by atoms with van der Waals surface area (Å²) >= 11 is 0. The van der Waals surface area contributed by atoms with Gasteiger partial charge >= 0.3 is 0 Å². The molecule has 1 aliphatic rings. The molecular formula is C19H22N2O3. The topological polar surface area (TPSA) is 58.6 Å². The van der Waals surface area contributed by atoms with Crippen LogP contribution in [0.5, 0.6) is 0 Å². The van der Waals surface area contributed by atoms with Gasteiger partial charge in [0, 0.05) is 25.5 Å². The van der Waals surface area contributed by atoms with Crippen molar-refractivity contribution >= 4 is 28.3 Å². The zero-order chi connectivity index (χ0) is 17.2. The summed E-state index contributed by atoms with van der Waals surface area (Å²) in [5.74, 6) is -0.158. The van der Waals surface area contributed by atoms with Gasteiger partial charge in [0.15, 0.2) is 0 Å². The lowest BCUT2D eigenvalue weighted by molar-refractivity contribution is -0.127. The second-order valence-corrected chi connectivity index (χ2v) is 6.25. The quantitative estimate of drug-likeness (QED) is 0.859. The van der Waals surface area contributed by atoms with E-state index in [-0.39, 0.29) is 11.8 Å². The largest absolute Gasteiger partial charge is 0.383 e. The smallest absolute Gasteiger partial charge is 0.246 e. The Morgan fingerprint density at radius 2 is 2.00 bits per heavy atom. The maximum atomic E-state index is 12.7. The molecule has 1 aliphatic heterocycles. The number of fused-ring (bicyclic) bond motifs is 1. The van der Waals surface area contributed by atoms with Gasteiger partial charge < -0.3 is 10.1 Å². The van der Waals surface area contributed by atoms with E-state index in [2.05, 4.69) is 5.32 Å².